The van der Waals surface area contributed by atoms with Crippen LogP contribution in [0.3, 0.4) is 0 Å². The van der Waals surface area contributed by atoms with Gasteiger partial charge in [-0.25, -0.2) is 28.1 Å². The third kappa shape index (κ3) is 7.46. The molecular formula is C45H28ClF5N8. The number of aromatic nitrogens is 8. The Balaban J connectivity index is 0.000000153. The molecule has 0 saturated heterocycles. The Labute approximate surface area is 337 Å². The second-order valence-corrected chi connectivity index (χ2v) is 13.8. The van der Waals surface area contributed by atoms with Gasteiger partial charge in [0.1, 0.15) is 24.3 Å². The van der Waals surface area contributed by atoms with E-state index in [2.05, 4.69) is 26.2 Å². The van der Waals surface area contributed by atoms with E-state index in [1.165, 1.54) is 36.4 Å². The zero-order valence-corrected chi connectivity index (χ0v) is 31.3. The number of fused-ring (bicyclic) bond motifs is 2. The van der Waals surface area contributed by atoms with Crippen molar-refractivity contribution in [3.63, 3.8) is 0 Å². The molecule has 0 saturated carbocycles. The molecule has 0 bridgehead atoms. The third-order valence-electron chi connectivity index (χ3n) is 9.69. The van der Waals surface area contributed by atoms with Gasteiger partial charge in [-0.2, -0.15) is 23.4 Å². The molecule has 0 atom stereocenters. The molecule has 0 spiro atoms. The van der Waals surface area contributed by atoms with Crippen molar-refractivity contribution in [1.29, 1.82) is 0 Å². The summed E-state index contributed by atoms with van der Waals surface area (Å²) in [6, 6.07) is 40.3. The smallest absolute Gasteiger partial charge is 0.299 e. The van der Waals surface area contributed by atoms with Crippen molar-refractivity contribution in [2.24, 2.45) is 0 Å². The molecule has 290 valence electrons. The fraction of sp³-hybridized carbons (Fsp3) is 0.0222. The molecular weight excluding hydrogens is 783 g/mol. The summed E-state index contributed by atoms with van der Waals surface area (Å²) in [6.07, 6.45) is 2.38. The van der Waals surface area contributed by atoms with Crippen LogP contribution in [0.2, 0.25) is 5.02 Å². The molecule has 4 aromatic heterocycles. The Hall–Kier alpha value is -7.38. The lowest BCUT2D eigenvalue weighted by atomic mass is 10.1. The number of rotatable bonds is 6. The first kappa shape index (κ1) is 37.2. The minimum atomic E-state index is -4.39. The van der Waals surface area contributed by atoms with Crippen molar-refractivity contribution in [2.75, 3.05) is 0 Å². The van der Waals surface area contributed by atoms with Gasteiger partial charge in [-0.1, -0.05) is 23.7 Å². The summed E-state index contributed by atoms with van der Waals surface area (Å²) < 4.78 is 72.4. The van der Waals surface area contributed by atoms with Gasteiger partial charge in [-0.05, 0) is 133 Å². The van der Waals surface area contributed by atoms with Crippen LogP contribution in [0.1, 0.15) is 5.56 Å². The van der Waals surface area contributed by atoms with E-state index >= 15 is 0 Å². The quantitative estimate of drug-likeness (QED) is 0.157. The molecule has 0 aliphatic heterocycles. The van der Waals surface area contributed by atoms with Gasteiger partial charge < -0.3 is 0 Å². The van der Waals surface area contributed by atoms with E-state index in [0.717, 1.165) is 62.6 Å². The van der Waals surface area contributed by atoms with Crippen LogP contribution in [-0.4, -0.2) is 38.7 Å². The lowest BCUT2D eigenvalue weighted by molar-refractivity contribution is -0.137. The van der Waals surface area contributed by atoms with E-state index in [4.69, 9.17) is 11.6 Å². The predicted molar refractivity (Wildman–Crippen MR) is 217 cm³/mol. The van der Waals surface area contributed by atoms with Crippen LogP contribution in [0, 0.1) is 11.6 Å². The number of hydrogen-bond donors (Lipinski definition) is 0. The standard InChI is InChI=1S/C23H14F4N4.C22H14ClFN4/c24-17-4-8-19(9-5-17)31-21(11-12-29-31)15-1-10-20-22(13-15)30(14-28-20)18-6-2-16(3-7-18)23(25,26)27;23-16-2-6-18(7-3-16)27-14-25-20-10-1-15(13-22(20)27)21-11-12-26-28(21)19-8-4-17(24)5-9-19/h1-14H;1-14H. The van der Waals surface area contributed by atoms with Gasteiger partial charge in [0.2, 0.25) is 0 Å². The molecule has 0 N–H and O–H groups in total. The van der Waals surface area contributed by atoms with Gasteiger partial charge in [0, 0.05) is 27.5 Å². The number of nitrogens with zero attached hydrogens (tertiary/aromatic N) is 8. The highest BCUT2D eigenvalue weighted by Crippen LogP contribution is 2.32. The van der Waals surface area contributed by atoms with Gasteiger partial charge in [0.05, 0.1) is 62.8 Å². The summed E-state index contributed by atoms with van der Waals surface area (Å²) >= 11 is 6.01. The lowest BCUT2D eigenvalue weighted by Crippen LogP contribution is -2.04. The summed E-state index contributed by atoms with van der Waals surface area (Å²) in [5.41, 5.74) is 9.20. The van der Waals surface area contributed by atoms with Gasteiger partial charge in [0.25, 0.3) is 0 Å². The maximum Gasteiger partial charge on any atom is 0.416 e. The lowest BCUT2D eigenvalue weighted by Gasteiger charge is -2.10. The molecule has 6 aromatic carbocycles. The van der Waals surface area contributed by atoms with Crippen LogP contribution in [-0.2, 0) is 6.18 Å². The summed E-state index contributed by atoms with van der Waals surface area (Å²) in [5.74, 6) is -0.606. The Kier molecular flexibility index (Phi) is 9.57. The Morgan fingerprint density at radius 1 is 0.458 bits per heavy atom. The van der Waals surface area contributed by atoms with E-state index in [1.807, 2.05) is 71.3 Å². The van der Waals surface area contributed by atoms with Gasteiger partial charge in [-0.15, -0.1) is 0 Å². The zero-order chi connectivity index (χ0) is 40.7. The topological polar surface area (TPSA) is 71.3 Å². The molecule has 10 rings (SSSR count). The maximum atomic E-state index is 13.3. The second kappa shape index (κ2) is 15.2. The van der Waals surface area contributed by atoms with Crippen LogP contribution >= 0.6 is 11.6 Å². The summed E-state index contributed by atoms with van der Waals surface area (Å²) in [6.45, 7) is 0. The highest BCUT2D eigenvalue weighted by molar-refractivity contribution is 6.30. The van der Waals surface area contributed by atoms with E-state index in [0.29, 0.717) is 21.9 Å². The zero-order valence-electron chi connectivity index (χ0n) is 30.5. The molecule has 0 aliphatic rings. The summed E-state index contributed by atoms with van der Waals surface area (Å²) in [5, 5.41) is 9.44. The molecule has 0 aliphatic carbocycles. The largest absolute Gasteiger partial charge is 0.416 e. The van der Waals surface area contributed by atoms with Gasteiger partial charge in [-0.3, -0.25) is 9.13 Å². The number of hydrogen-bond acceptors (Lipinski definition) is 4. The maximum absolute atomic E-state index is 13.3. The Bertz CT molecular complexity index is 3050. The van der Waals surface area contributed by atoms with Crippen molar-refractivity contribution in [3.05, 3.63) is 193 Å². The average molecular weight is 811 g/mol. The number of halogens is 6. The third-order valence-corrected chi connectivity index (χ3v) is 9.94. The average Bonchev–Trinajstić information content (AvgIpc) is 4.08. The minimum absolute atomic E-state index is 0.272. The summed E-state index contributed by atoms with van der Waals surface area (Å²) in [4.78, 5) is 8.85. The van der Waals surface area contributed by atoms with E-state index in [1.54, 1.807) is 63.2 Å². The molecule has 0 radical (unpaired) electrons. The molecule has 14 heteroatoms. The highest BCUT2D eigenvalue weighted by atomic mass is 35.5. The van der Waals surface area contributed by atoms with Crippen LogP contribution < -0.4 is 0 Å². The molecule has 4 heterocycles. The van der Waals surface area contributed by atoms with Crippen LogP contribution in [0.4, 0.5) is 22.0 Å². The van der Waals surface area contributed by atoms with Crippen molar-refractivity contribution in [3.8, 4) is 45.3 Å². The van der Waals surface area contributed by atoms with E-state index < -0.39 is 11.7 Å². The highest BCUT2D eigenvalue weighted by Gasteiger charge is 2.30. The second-order valence-electron chi connectivity index (χ2n) is 13.4. The fourth-order valence-corrected chi connectivity index (χ4v) is 6.90. The van der Waals surface area contributed by atoms with Crippen molar-refractivity contribution >= 4 is 33.7 Å². The van der Waals surface area contributed by atoms with Crippen molar-refractivity contribution < 1.29 is 22.0 Å². The van der Waals surface area contributed by atoms with E-state index in [9.17, 15) is 22.0 Å². The van der Waals surface area contributed by atoms with Crippen LogP contribution in [0.25, 0.3) is 67.3 Å². The molecule has 10 aromatic rings. The minimum Gasteiger partial charge on any atom is -0.299 e. The Morgan fingerprint density at radius 2 is 0.864 bits per heavy atom. The normalized spacial score (nSPS) is 11.6. The number of benzene rings is 6. The SMILES string of the molecule is Fc1ccc(-n2nccc2-c2ccc3ncn(-c4ccc(C(F)(F)F)cc4)c3c2)cc1.Fc1ccc(-n2nccc2-c2ccc3ncn(-c4ccc(Cl)cc4)c3c2)cc1. The van der Waals surface area contributed by atoms with Gasteiger partial charge in [0.15, 0.2) is 0 Å². The van der Waals surface area contributed by atoms with Crippen LogP contribution in [0.5, 0.6) is 0 Å². The molecule has 0 amide bonds. The van der Waals surface area contributed by atoms with Gasteiger partial charge >= 0.3 is 6.18 Å². The first-order valence-electron chi connectivity index (χ1n) is 18.1. The molecule has 8 nitrogen and oxygen atoms in total. The van der Waals surface area contributed by atoms with Crippen LogP contribution in [0.15, 0.2) is 171 Å². The monoisotopic (exact) mass is 810 g/mol. The first-order chi connectivity index (χ1) is 28.6. The fourth-order valence-electron chi connectivity index (χ4n) is 6.78. The Morgan fingerprint density at radius 3 is 1.29 bits per heavy atom. The predicted octanol–water partition coefficient (Wildman–Crippen LogP) is 11.7. The van der Waals surface area contributed by atoms with Crippen molar-refractivity contribution in [2.45, 2.75) is 6.18 Å². The van der Waals surface area contributed by atoms with Crippen molar-refractivity contribution in [1.82, 2.24) is 38.7 Å². The summed E-state index contributed by atoms with van der Waals surface area (Å²) in [7, 11) is 0. The number of alkyl halides is 3. The molecule has 59 heavy (non-hydrogen) atoms. The number of imidazole rings is 2. The molecule has 0 fully saturated rings. The molecule has 0 unspecified atom stereocenters. The first-order valence-corrected chi connectivity index (χ1v) is 18.5. The van der Waals surface area contributed by atoms with E-state index in [-0.39, 0.29) is 11.6 Å².